The molecule has 5 heteroatoms. The fourth-order valence-electron chi connectivity index (χ4n) is 3.63. The van der Waals surface area contributed by atoms with Crippen LogP contribution in [0.25, 0.3) is 0 Å². The summed E-state index contributed by atoms with van der Waals surface area (Å²) in [6.45, 7) is 5.46. The van der Waals surface area contributed by atoms with Crippen molar-refractivity contribution in [1.29, 1.82) is 0 Å². The number of rotatable bonds is 7. The first-order valence-corrected chi connectivity index (χ1v) is 9.93. The van der Waals surface area contributed by atoms with Crippen LogP contribution in [0.5, 0.6) is 0 Å². The summed E-state index contributed by atoms with van der Waals surface area (Å²) < 4.78 is 26.6. The van der Waals surface area contributed by atoms with Gasteiger partial charge in [-0.1, -0.05) is 26.2 Å². The number of nitrogens with zero attached hydrogens (tertiary/aromatic N) is 1. The van der Waals surface area contributed by atoms with Gasteiger partial charge >= 0.3 is 0 Å². The summed E-state index contributed by atoms with van der Waals surface area (Å²) in [7, 11) is -3.03. The molecule has 118 valence electrons. The largest absolute Gasteiger partial charge is 0.317 e. The molecule has 4 nitrogen and oxygen atoms in total. The highest BCUT2D eigenvalue weighted by Gasteiger charge is 2.35. The molecule has 0 bridgehead atoms. The molecule has 2 aliphatic rings. The van der Waals surface area contributed by atoms with E-state index in [1.165, 1.54) is 25.7 Å². The minimum absolute atomic E-state index is 0.307. The van der Waals surface area contributed by atoms with Gasteiger partial charge in [0.25, 0.3) is 0 Å². The maximum atomic E-state index is 12.4. The second-order valence-corrected chi connectivity index (χ2v) is 8.46. The van der Waals surface area contributed by atoms with E-state index in [0.29, 0.717) is 11.7 Å². The number of hydrogen-bond acceptors (Lipinski definition) is 3. The number of hydrogen-bond donors (Lipinski definition) is 1. The first kappa shape index (κ1) is 16.2. The number of fused-ring (bicyclic) bond motifs is 1. The molecule has 2 fully saturated rings. The smallest absolute Gasteiger partial charge is 0.214 e. The van der Waals surface area contributed by atoms with Crippen molar-refractivity contribution < 1.29 is 8.42 Å². The zero-order valence-corrected chi connectivity index (χ0v) is 13.6. The van der Waals surface area contributed by atoms with Crippen molar-refractivity contribution in [2.75, 3.05) is 31.9 Å². The fraction of sp³-hybridized carbons (Fsp3) is 1.00. The van der Waals surface area contributed by atoms with Crippen molar-refractivity contribution in [2.45, 2.75) is 51.9 Å². The molecule has 20 heavy (non-hydrogen) atoms. The summed E-state index contributed by atoms with van der Waals surface area (Å²) in [5.41, 5.74) is 0. The van der Waals surface area contributed by atoms with Crippen LogP contribution >= 0.6 is 0 Å². The summed E-state index contributed by atoms with van der Waals surface area (Å²) in [5.74, 6) is 1.73. The average molecular weight is 302 g/mol. The molecule has 0 spiro atoms. The average Bonchev–Trinajstić information content (AvgIpc) is 2.46. The third-order valence-electron chi connectivity index (χ3n) is 4.83. The van der Waals surface area contributed by atoms with Gasteiger partial charge in [0.1, 0.15) is 0 Å². The molecule has 1 saturated heterocycles. The van der Waals surface area contributed by atoms with E-state index in [9.17, 15) is 8.42 Å². The Bertz CT molecular complexity index is 383. The van der Waals surface area contributed by atoms with Gasteiger partial charge in [-0.05, 0) is 50.6 Å². The van der Waals surface area contributed by atoms with Crippen LogP contribution < -0.4 is 5.32 Å². The van der Waals surface area contributed by atoms with Crippen molar-refractivity contribution >= 4 is 10.0 Å². The van der Waals surface area contributed by atoms with Gasteiger partial charge in [-0.3, -0.25) is 0 Å². The van der Waals surface area contributed by atoms with E-state index in [0.717, 1.165) is 51.4 Å². The zero-order chi connectivity index (χ0) is 14.4. The lowest BCUT2D eigenvalue weighted by Crippen LogP contribution is -2.45. The highest BCUT2D eigenvalue weighted by atomic mass is 32.2. The van der Waals surface area contributed by atoms with Gasteiger partial charge in [0.05, 0.1) is 5.75 Å². The van der Waals surface area contributed by atoms with Crippen molar-refractivity contribution in [3.05, 3.63) is 0 Å². The second-order valence-electron chi connectivity index (χ2n) is 6.37. The van der Waals surface area contributed by atoms with Gasteiger partial charge in [0, 0.05) is 13.1 Å². The molecule has 0 aromatic carbocycles. The Morgan fingerprint density at radius 1 is 1.10 bits per heavy atom. The van der Waals surface area contributed by atoms with E-state index >= 15 is 0 Å². The lowest BCUT2D eigenvalue weighted by atomic mass is 9.76. The summed E-state index contributed by atoms with van der Waals surface area (Å²) >= 11 is 0. The van der Waals surface area contributed by atoms with Crippen LogP contribution in [0, 0.1) is 11.8 Å². The van der Waals surface area contributed by atoms with Crippen molar-refractivity contribution in [1.82, 2.24) is 9.62 Å². The van der Waals surface area contributed by atoms with Gasteiger partial charge in [-0.2, -0.15) is 0 Å². The van der Waals surface area contributed by atoms with Crippen molar-refractivity contribution in [3.63, 3.8) is 0 Å². The molecule has 2 unspecified atom stereocenters. The fourth-order valence-corrected chi connectivity index (χ4v) is 5.20. The third kappa shape index (κ3) is 4.43. The Kier molecular flexibility index (Phi) is 6.30. The minimum atomic E-state index is -3.03. The Morgan fingerprint density at radius 3 is 2.60 bits per heavy atom. The van der Waals surface area contributed by atoms with E-state index in [1.54, 1.807) is 4.31 Å². The molecule has 1 aliphatic carbocycles. The third-order valence-corrected chi connectivity index (χ3v) is 6.75. The standard InChI is InChI=1S/C15H30N2O2S/c1-2-9-16-10-5-12-20(18,19)17-11-8-14-6-3-4-7-15(14)13-17/h14-16H,2-13H2,1H3. The molecular weight excluding hydrogens is 272 g/mol. The normalized spacial score (nSPS) is 28.2. The maximum Gasteiger partial charge on any atom is 0.214 e. The van der Waals surface area contributed by atoms with Crippen LogP contribution in [0.4, 0.5) is 0 Å². The van der Waals surface area contributed by atoms with E-state index in [1.807, 2.05) is 0 Å². The predicted molar refractivity (Wildman–Crippen MR) is 83.2 cm³/mol. The molecule has 0 aromatic rings. The molecule has 0 aromatic heterocycles. The molecule has 0 radical (unpaired) electrons. The molecule has 0 amide bonds. The van der Waals surface area contributed by atoms with E-state index in [2.05, 4.69) is 12.2 Å². The SMILES string of the molecule is CCCNCCCS(=O)(=O)N1CCC2CCCCC2C1. The van der Waals surface area contributed by atoms with Crippen LogP contribution in [0.2, 0.25) is 0 Å². The lowest BCUT2D eigenvalue weighted by molar-refractivity contribution is 0.136. The zero-order valence-electron chi connectivity index (χ0n) is 12.8. The van der Waals surface area contributed by atoms with E-state index in [-0.39, 0.29) is 0 Å². The summed E-state index contributed by atoms with van der Waals surface area (Å²) in [4.78, 5) is 0. The first-order valence-electron chi connectivity index (χ1n) is 8.32. The van der Waals surface area contributed by atoms with Crippen LogP contribution in [-0.2, 0) is 10.0 Å². The highest BCUT2D eigenvalue weighted by Crippen LogP contribution is 2.36. The molecular formula is C15H30N2O2S. The van der Waals surface area contributed by atoms with Gasteiger partial charge in [0.15, 0.2) is 0 Å². The summed E-state index contributed by atoms with van der Waals surface area (Å²) in [5, 5.41) is 3.27. The number of sulfonamides is 1. The Balaban J connectivity index is 1.77. The first-order chi connectivity index (χ1) is 9.63. The highest BCUT2D eigenvalue weighted by molar-refractivity contribution is 7.89. The summed E-state index contributed by atoms with van der Waals surface area (Å²) in [6, 6.07) is 0. The predicted octanol–water partition coefficient (Wildman–Crippen LogP) is 2.22. The molecule has 2 rings (SSSR count). The van der Waals surface area contributed by atoms with Crippen LogP contribution in [0.3, 0.4) is 0 Å². The minimum Gasteiger partial charge on any atom is -0.317 e. The topological polar surface area (TPSA) is 49.4 Å². The van der Waals surface area contributed by atoms with Gasteiger partial charge in [-0.25, -0.2) is 12.7 Å². The lowest BCUT2D eigenvalue weighted by Gasteiger charge is -2.40. The Morgan fingerprint density at radius 2 is 1.85 bits per heavy atom. The molecule has 1 heterocycles. The number of piperidine rings is 1. The molecule has 1 N–H and O–H groups in total. The molecule has 2 atom stereocenters. The quantitative estimate of drug-likeness (QED) is 0.734. The molecule has 1 aliphatic heterocycles. The van der Waals surface area contributed by atoms with Gasteiger partial charge in [0.2, 0.25) is 10.0 Å². The van der Waals surface area contributed by atoms with Gasteiger partial charge < -0.3 is 5.32 Å². The van der Waals surface area contributed by atoms with E-state index in [4.69, 9.17) is 0 Å². The Labute approximate surface area is 124 Å². The van der Waals surface area contributed by atoms with E-state index < -0.39 is 10.0 Å². The second kappa shape index (κ2) is 7.76. The van der Waals surface area contributed by atoms with Crippen molar-refractivity contribution in [2.24, 2.45) is 11.8 Å². The van der Waals surface area contributed by atoms with Crippen molar-refractivity contribution in [3.8, 4) is 0 Å². The Hall–Kier alpha value is -0.130. The van der Waals surface area contributed by atoms with Crippen LogP contribution in [0.15, 0.2) is 0 Å². The monoisotopic (exact) mass is 302 g/mol. The summed E-state index contributed by atoms with van der Waals surface area (Å²) in [6.07, 6.45) is 8.09. The van der Waals surface area contributed by atoms with Crippen LogP contribution in [-0.4, -0.2) is 44.7 Å². The number of nitrogens with one attached hydrogen (secondary N) is 1. The van der Waals surface area contributed by atoms with Crippen LogP contribution in [0.1, 0.15) is 51.9 Å². The maximum absolute atomic E-state index is 12.4. The van der Waals surface area contributed by atoms with Gasteiger partial charge in [-0.15, -0.1) is 0 Å². The molecule has 1 saturated carbocycles.